The molecule has 0 atom stereocenters. The molecule has 0 amide bonds. The highest BCUT2D eigenvalue weighted by Crippen LogP contribution is 2.36. The van der Waals surface area contributed by atoms with Crippen LogP contribution in [0.5, 0.6) is 0 Å². The van der Waals surface area contributed by atoms with E-state index in [4.69, 9.17) is 9.47 Å². The Morgan fingerprint density at radius 1 is 0.522 bits per heavy atom. The smallest absolute Gasteiger partial charge is 0.0572 e. The molecular weight excluding hydrogens is 286 g/mol. The Bertz CT molecular complexity index is 303. The van der Waals surface area contributed by atoms with E-state index in [0.29, 0.717) is 12.2 Å². The van der Waals surface area contributed by atoms with Crippen molar-refractivity contribution < 1.29 is 9.47 Å². The minimum atomic E-state index is 0.517. The van der Waals surface area contributed by atoms with Gasteiger partial charge in [-0.3, -0.25) is 4.90 Å². The highest BCUT2D eigenvalue weighted by molar-refractivity contribution is 4.92. The van der Waals surface area contributed by atoms with Crippen LogP contribution in [0.2, 0.25) is 0 Å². The van der Waals surface area contributed by atoms with E-state index in [9.17, 15) is 0 Å². The first-order valence-electron chi connectivity index (χ1n) is 10.1. The molecule has 3 rings (SSSR count). The van der Waals surface area contributed by atoms with E-state index < -0.39 is 0 Å². The average molecular weight is 324 g/mol. The Morgan fingerprint density at radius 3 is 1.30 bits per heavy atom. The lowest BCUT2D eigenvalue weighted by atomic mass is 9.83. The molecule has 0 N–H and O–H groups in total. The van der Waals surface area contributed by atoms with Gasteiger partial charge in [-0.1, -0.05) is 19.3 Å². The second-order valence-corrected chi connectivity index (χ2v) is 8.07. The van der Waals surface area contributed by atoms with Crippen LogP contribution in [0.4, 0.5) is 0 Å². The molecule has 0 aromatic rings. The second-order valence-electron chi connectivity index (χ2n) is 8.07. The number of nitrogens with zero attached hydrogens (tertiary/aromatic N) is 1. The Balaban J connectivity index is 1.64. The van der Waals surface area contributed by atoms with Crippen molar-refractivity contribution in [3.05, 3.63) is 0 Å². The predicted octanol–water partition coefficient (Wildman–Crippen LogP) is 4.54. The zero-order chi connectivity index (χ0) is 16.1. The van der Waals surface area contributed by atoms with Crippen molar-refractivity contribution in [1.82, 2.24) is 4.90 Å². The highest BCUT2D eigenvalue weighted by Gasteiger charge is 2.37. The van der Waals surface area contributed by atoms with Gasteiger partial charge in [-0.25, -0.2) is 0 Å². The molecule has 0 heterocycles. The van der Waals surface area contributed by atoms with Gasteiger partial charge >= 0.3 is 0 Å². The lowest BCUT2D eigenvalue weighted by molar-refractivity contribution is -0.0272. The highest BCUT2D eigenvalue weighted by atomic mass is 16.5. The molecule has 23 heavy (non-hydrogen) atoms. The zero-order valence-corrected chi connectivity index (χ0v) is 15.3. The van der Waals surface area contributed by atoms with Crippen LogP contribution in [0.25, 0.3) is 0 Å². The van der Waals surface area contributed by atoms with Crippen LogP contribution < -0.4 is 0 Å². The van der Waals surface area contributed by atoms with Crippen LogP contribution in [0.3, 0.4) is 0 Å². The van der Waals surface area contributed by atoms with Crippen LogP contribution in [0, 0.1) is 0 Å². The molecule has 0 spiro atoms. The molecule has 0 aromatic carbocycles. The van der Waals surface area contributed by atoms with Gasteiger partial charge in [0, 0.05) is 32.3 Å². The van der Waals surface area contributed by atoms with Crippen molar-refractivity contribution >= 4 is 0 Å². The first-order valence-corrected chi connectivity index (χ1v) is 10.1. The molecule has 3 aliphatic rings. The van der Waals surface area contributed by atoms with Crippen molar-refractivity contribution in [2.75, 3.05) is 14.2 Å². The molecule has 0 unspecified atom stereocenters. The van der Waals surface area contributed by atoms with Gasteiger partial charge in [0.15, 0.2) is 0 Å². The Hall–Kier alpha value is -0.120. The summed E-state index contributed by atoms with van der Waals surface area (Å²) >= 11 is 0. The fourth-order valence-corrected chi connectivity index (χ4v) is 5.43. The molecule has 3 heteroatoms. The fourth-order valence-electron chi connectivity index (χ4n) is 5.43. The standard InChI is InChI=1S/C20H37NO2/c1-22-19-12-8-17(9-13-19)21(16-6-4-3-5-7-16)18-10-14-20(23-2)15-11-18/h16-20H,3-15H2,1-2H3. The second kappa shape index (κ2) is 8.82. The van der Waals surface area contributed by atoms with Crippen LogP contribution in [0.15, 0.2) is 0 Å². The SMILES string of the molecule is COC1CCC(N(C2CCCCC2)C2CCC(OC)CC2)CC1. The molecule has 3 nitrogen and oxygen atoms in total. The maximum atomic E-state index is 5.60. The average Bonchev–Trinajstić information content (AvgIpc) is 2.64. The summed E-state index contributed by atoms with van der Waals surface area (Å²) in [4.78, 5) is 3.01. The van der Waals surface area contributed by atoms with Gasteiger partial charge in [0.25, 0.3) is 0 Å². The molecule has 3 aliphatic carbocycles. The monoisotopic (exact) mass is 323 g/mol. The minimum Gasteiger partial charge on any atom is -0.381 e. The van der Waals surface area contributed by atoms with Crippen molar-refractivity contribution in [2.24, 2.45) is 0 Å². The van der Waals surface area contributed by atoms with Crippen LogP contribution in [0.1, 0.15) is 83.5 Å². The van der Waals surface area contributed by atoms with Gasteiger partial charge < -0.3 is 9.47 Å². The summed E-state index contributed by atoms with van der Waals surface area (Å²) in [5.74, 6) is 0. The van der Waals surface area contributed by atoms with Gasteiger partial charge in [0.1, 0.15) is 0 Å². The van der Waals surface area contributed by atoms with E-state index in [1.165, 1.54) is 83.5 Å². The summed E-state index contributed by atoms with van der Waals surface area (Å²) < 4.78 is 11.2. The van der Waals surface area contributed by atoms with Gasteiger partial charge in [0.2, 0.25) is 0 Å². The van der Waals surface area contributed by atoms with Gasteiger partial charge in [-0.2, -0.15) is 0 Å². The van der Waals surface area contributed by atoms with Crippen molar-refractivity contribution in [1.29, 1.82) is 0 Å². The van der Waals surface area contributed by atoms with E-state index in [1.807, 2.05) is 14.2 Å². The van der Waals surface area contributed by atoms with Crippen LogP contribution >= 0.6 is 0 Å². The number of hydrogen-bond acceptors (Lipinski definition) is 3. The summed E-state index contributed by atoms with van der Waals surface area (Å²) in [6.07, 6.45) is 18.7. The van der Waals surface area contributed by atoms with E-state index >= 15 is 0 Å². The first kappa shape index (κ1) is 17.7. The third-order valence-electron chi connectivity index (χ3n) is 6.79. The summed E-state index contributed by atoms with van der Waals surface area (Å²) in [6.45, 7) is 0. The molecular formula is C20H37NO2. The first-order chi connectivity index (χ1) is 11.3. The number of methoxy groups -OCH3 is 2. The molecule has 3 saturated carbocycles. The third-order valence-corrected chi connectivity index (χ3v) is 6.79. The summed E-state index contributed by atoms with van der Waals surface area (Å²) in [5, 5.41) is 0. The maximum Gasteiger partial charge on any atom is 0.0572 e. The largest absolute Gasteiger partial charge is 0.381 e. The van der Waals surface area contributed by atoms with Gasteiger partial charge in [-0.15, -0.1) is 0 Å². The number of ether oxygens (including phenoxy) is 2. The number of rotatable bonds is 5. The molecule has 0 saturated heterocycles. The Morgan fingerprint density at radius 2 is 0.913 bits per heavy atom. The molecule has 3 fully saturated rings. The molecule has 134 valence electrons. The van der Waals surface area contributed by atoms with E-state index in [-0.39, 0.29) is 0 Å². The normalized spacial score (nSPS) is 37.2. The fraction of sp³-hybridized carbons (Fsp3) is 1.00. The maximum absolute atomic E-state index is 5.60. The van der Waals surface area contributed by atoms with Gasteiger partial charge in [0.05, 0.1) is 12.2 Å². The van der Waals surface area contributed by atoms with Crippen molar-refractivity contribution in [3.63, 3.8) is 0 Å². The van der Waals surface area contributed by atoms with E-state index in [0.717, 1.165) is 18.1 Å². The Kier molecular flexibility index (Phi) is 6.79. The molecule has 0 bridgehead atoms. The van der Waals surface area contributed by atoms with E-state index in [2.05, 4.69) is 4.90 Å². The topological polar surface area (TPSA) is 21.7 Å². The zero-order valence-electron chi connectivity index (χ0n) is 15.3. The van der Waals surface area contributed by atoms with E-state index in [1.54, 1.807) is 0 Å². The Labute approximate surface area is 143 Å². The lowest BCUT2D eigenvalue weighted by Gasteiger charge is -2.48. The molecule has 0 aromatic heterocycles. The van der Waals surface area contributed by atoms with Crippen molar-refractivity contribution in [2.45, 2.75) is 114 Å². The van der Waals surface area contributed by atoms with Crippen LogP contribution in [-0.4, -0.2) is 49.5 Å². The van der Waals surface area contributed by atoms with Crippen molar-refractivity contribution in [3.8, 4) is 0 Å². The van der Waals surface area contributed by atoms with Gasteiger partial charge in [-0.05, 0) is 64.2 Å². The summed E-state index contributed by atoms with van der Waals surface area (Å²) in [6, 6.07) is 2.49. The summed E-state index contributed by atoms with van der Waals surface area (Å²) in [7, 11) is 3.77. The third kappa shape index (κ3) is 4.49. The predicted molar refractivity (Wildman–Crippen MR) is 94.8 cm³/mol. The molecule has 0 aliphatic heterocycles. The lowest BCUT2D eigenvalue weighted by Crippen LogP contribution is -2.53. The minimum absolute atomic E-state index is 0.517. The summed E-state index contributed by atoms with van der Waals surface area (Å²) in [5.41, 5.74) is 0. The van der Waals surface area contributed by atoms with Crippen LogP contribution in [-0.2, 0) is 9.47 Å². The quantitative estimate of drug-likeness (QED) is 0.741. The number of hydrogen-bond donors (Lipinski definition) is 0. The molecule has 0 radical (unpaired) electrons.